The Kier molecular flexibility index (Phi) is 4.30. The van der Waals surface area contributed by atoms with Crippen molar-refractivity contribution in [1.29, 1.82) is 0 Å². The maximum absolute atomic E-state index is 11.8. The summed E-state index contributed by atoms with van der Waals surface area (Å²) in [4.78, 5) is 23.5. The van der Waals surface area contributed by atoms with Crippen molar-refractivity contribution in [1.82, 2.24) is 15.1 Å². The molecule has 19 heavy (non-hydrogen) atoms. The van der Waals surface area contributed by atoms with Gasteiger partial charge in [-0.25, -0.2) is 0 Å². The number of aliphatic carboxylic acids is 1. The van der Waals surface area contributed by atoms with Crippen molar-refractivity contribution in [2.45, 2.75) is 19.0 Å². The van der Waals surface area contributed by atoms with E-state index in [0.717, 1.165) is 4.88 Å². The van der Waals surface area contributed by atoms with E-state index in [1.54, 1.807) is 18.5 Å². The van der Waals surface area contributed by atoms with Crippen LogP contribution in [0.4, 0.5) is 0 Å². The molecule has 1 atom stereocenters. The Hall–Kier alpha value is -2.15. The number of hydrogen-bond donors (Lipinski definition) is 2. The van der Waals surface area contributed by atoms with E-state index in [2.05, 4.69) is 10.4 Å². The van der Waals surface area contributed by atoms with Crippen LogP contribution in [0.1, 0.15) is 17.3 Å². The molecule has 0 aliphatic rings. The molecule has 6 nitrogen and oxygen atoms in total. The Balaban J connectivity index is 1.99. The van der Waals surface area contributed by atoms with Crippen LogP contribution in [0.25, 0.3) is 0 Å². The van der Waals surface area contributed by atoms with E-state index in [4.69, 9.17) is 5.11 Å². The zero-order valence-corrected chi connectivity index (χ0v) is 10.8. The molecule has 0 saturated carbocycles. The van der Waals surface area contributed by atoms with E-state index in [-0.39, 0.29) is 18.9 Å². The molecule has 0 saturated heterocycles. The second-order valence-corrected chi connectivity index (χ2v) is 4.92. The first kappa shape index (κ1) is 13.3. The summed E-state index contributed by atoms with van der Waals surface area (Å²) in [6.07, 6.45) is 3.13. The Morgan fingerprint density at radius 1 is 1.47 bits per heavy atom. The van der Waals surface area contributed by atoms with E-state index in [1.807, 2.05) is 17.5 Å². The van der Waals surface area contributed by atoms with Crippen molar-refractivity contribution in [3.05, 3.63) is 40.8 Å². The zero-order valence-electron chi connectivity index (χ0n) is 10.0. The van der Waals surface area contributed by atoms with Gasteiger partial charge in [-0.1, -0.05) is 6.07 Å². The van der Waals surface area contributed by atoms with E-state index < -0.39 is 12.0 Å². The summed E-state index contributed by atoms with van der Waals surface area (Å²) in [5, 5.41) is 17.4. The first-order valence-electron chi connectivity index (χ1n) is 5.67. The van der Waals surface area contributed by atoms with Gasteiger partial charge in [0.25, 0.3) is 0 Å². The lowest BCUT2D eigenvalue weighted by Gasteiger charge is -2.15. The van der Waals surface area contributed by atoms with Crippen molar-refractivity contribution < 1.29 is 14.7 Å². The minimum absolute atomic E-state index is 0.0779. The maximum Gasteiger partial charge on any atom is 0.305 e. The molecule has 0 bridgehead atoms. The number of carbonyl (C=O) groups excluding carboxylic acids is 1. The fraction of sp³-hybridized carbons (Fsp3) is 0.250. The molecule has 0 aliphatic heterocycles. The molecule has 0 aromatic carbocycles. The third-order valence-electron chi connectivity index (χ3n) is 2.47. The molecule has 7 heteroatoms. The number of thiophene rings is 1. The summed E-state index contributed by atoms with van der Waals surface area (Å²) in [5.41, 5.74) is 0. The molecule has 2 heterocycles. The number of rotatable bonds is 6. The van der Waals surface area contributed by atoms with Crippen LogP contribution in [0.3, 0.4) is 0 Å². The molecule has 2 N–H and O–H groups in total. The number of amides is 1. The minimum atomic E-state index is -0.946. The van der Waals surface area contributed by atoms with Crippen LogP contribution in [0, 0.1) is 0 Å². The van der Waals surface area contributed by atoms with Crippen molar-refractivity contribution in [2.24, 2.45) is 0 Å². The average molecular weight is 279 g/mol. The van der Waals surface area contributed by atoms with Crippen molar-refractivity contribution >= 4 is 23.2 Å². The molecule has 0 spiro atoms. The highest BCUT2D eigenvalue weighted by Gasteiger charge is 2.19. The van der Waals surface area contributed by atoms with Gasteiger partial charge < -0.3 is 10.4 Å². The van der Waals surface area contributed by atoms with Crippen molar-refractivity contribution in [3.8, 4) is 0 Å². The SMILES string of the molecule is O=C(O)C[C@@H](NC(=O)Cn1cccn1)c1cccs1. The topological polar surface area (TPSA) is 84.2 Å². The maximum atomic E-state index is 11.8. The van der Waals surface area contributed by atoms with Crippen molar-refractivity contribution in [2.75, 3.05) is 0 Å². The van der Waals surface area contributed by atoms with E-state index in [0.29, 0.717) is 0 Å². The second-order valence-electron chi connectivity index (χ2n) is 3.94. The molecule has 0 radical (unpaired) electrons. The van der Waals surface area contributed by atoms with E-state index in [1.165, 1.54) is 16.0 Å². The number of hydrogen-bond acceptors (Lipinski definition) is 4. The van der Waals surface area contributed by atoms with Crippen LogP contribution in [0.2, 0.25) is 0 Å². The second kappa shape index (κ2) is 6.14. The molecule has 2 rings (SSSR count). The monoisotopic (exact) mass is 279 g/mol. The average Bonchev–Trinajstić information content (AvgIpc) is 2.99. The molecule has 1 amide bonds. The largest absolute Gasteiger partial charge is 0.481 e. The van der Waals surface area contributed by atoms with E-state index in [9.17, 15) is 9.59 Å². The number of carbonyl (C=O) groups is 2. The quantitative estimate of drug-likeness (QED) is 0.834. The van der Waals surface area contributed by atoms with Gasteiger partial charge in [0.1, 0.15) is 6.54 Å². The summed E-state index contributed by atoms with van der Waals surface area (Å²) >= 11 is 1.42. The lowest BCUT2D eigenvalue weighted by atomic mass is 10.1. The highest BCUT2D eigenvalue weighted by atomic mass is 32.1. The molecule has 0 aliphatic carbocycles. The van der Waals surface area contributed by atoms with Gasteiger partial charge in [0.05, 0.1) is 12.5 Å². The van der Waals surface area contributed by atoms with Crippen LogP contribution in [0.5, 0.6) is 0 Å². The number of nitrogens with zero attached hydrogens (tertiary/aromatic N) is 2. The lowest BCUT2D eigenvalue weighted by molar-refractivity contribution is -0.137. The summed E-state index contributed by atoms with van der Waals surface area (Å²) < 4.78 is 1.49. The van der Waals surface area contributed by atoms with Gasteiger partial charge in [0.2, 0.25) is 5.91 Å². The number of carboxylic acids is 1. The Labute approximate surface area is 113 Å². The van der Waals surface area contributed by atoms with Crippen LogP contribution in [-0.4, -0.2) is 26.8 Å². The summed E-state index contributed by atoms with van der Waals surface area (Å²) in [6, 6.07) is 4.86. The molecule has 2 aromatic heterocycles. The first-order chi connectivity index (χ1) is 9.15. The normalized spacial score (nSPS) is 12.0. The smallest absolute Gasteiger partial charge is 0.305 e. The van der Waals surface area contributed by atoms with Crippen molar-refractivity contribution in [3.63, 3.8) is 0 Å². The van der Waals surface area contributed by atoms with E-state index >= 15 is 0 Å². The first-order valence-corrected chi connectivity index (χ1v) is 6.55. The Bertz CT molecular complexity index is 537. The van der Waals surface area contributed by atoms with Crippen LogP contribution in [-0.2, 0) is 16.1 Å². The number of nitrogens with one attached hydrogen (secondary N) is 1. The zero-order chi connectivity index (χ0) is 13.7. The predicted molar refractivity (Wildman–Crippen MR) is 69.7 cm³/mol. The summed E-state index contributed by atoms with van der Waals surface area (Å²) in [5.74, 6) is -1.21. The lowest BCUT2D eigenvalue weighted by Crippen LogP contribution is -2.32. The third-order valence-corrected chi connectivity index (χ3v) is 3.45. The van der Waals surface area contributed by atoms with Gasteiger partial charge in [-0.2, -0.15) is 5.10 Å². The number of carboxylic acid groups (broad SMARTS) is 1. The molecule has 0 fully saturated rings. The van der Waals surface area contributed by atoms with Gasteiger partial charge in [-0.15, -0.1) is 11.3 Å². The molecule has 0 unspecified atom stereocenters. The Morgan fingerprint density at radius 3 is 2.89 bits per heavy atom. The van der Waals surface area contributed by atoms with Gasteiger partial charge in [0, 0.05) is 17.3 Å². The van der Waals surface area contributed by atoms with Gasteiger partial charge in [0.15, 0.2) is 0 Å². The summed E-state index contributed by atoms with van der Waals surface area (Å²) in [7, 11) is 0. The van der Waals surface area contributed by atoms with Gasteiger partial charge in [-0.05, 0) is 17.5 Å². The van der Waals surface area contributed by atoms with Gasteiger partial charge in [-0.3, -0.25) is 14.3 Å². The minimum Gasteiger partial charge on any atom is -0.481 e. The Morgan fingerprint density at radius 2 is 2.32 bits per heavy atom. The highest BCUT2D eigenvalue weighted by Crippen LogP contribution is 2.21. The fourth-order valence-electron chi connectivity index (χ4n) is 1.67. The third kappa shape index (κ3) is 3.92. The fourth-order valence-corrected chi connectivity index (χ4v) is 2.45. The molecular formula is C12H13N3O3S. The summed E-state index contributed by atoms with van der Waals surface area (Å²) in [6.45, 7) is 0.0779. The molecular weight excluding hydrogens is 266 g/mol. The van der Waals surface area contributed by atoms with Crippen LogP contribution in [0.15, 0.2) is 36.0 Å². The molecule has 100 valence electrons. The van der Waals surface area contributed by atoms with Gasteiger partial charge >= 0.3 is 5.97 Å². The standard InChI is InChI=1S/C12H13N3O3S/c16-11(8-15-5-2-4-13-15)14-9(7-12(17)18)10-3-1-6-19-10/h1-6,9H,7-8H2,(H,14,16)(H,17,18)/t9-/m1/s1. The highest BCUT2D eigenvalue weighted by molar-refractivity contribution is 7.10. The van der Waals surface area contributed by atoms with Crippen LogP contribution >= 0.6 is 11.3 Å². The van der Waals surface area contributed by atoms with Crippen LogP contribution < -0.4 is 5.32 Å². The molecule has 2 aromatic rings. The number of aromatic nitrogens is 2. The predicted octanol–water partition coefficient (Wildman–Crippen LogP) is 1.28.